The van der Waals surface area contributed by atoms with Crippen LogP contribution in [0.2, 0.25) is 0 Å². The molecule has 0 aliphatic rings. The number of nitrogens with zero attached hydrogens (tertiary/aromatic N) is 4. The van der Waals surface area contributed by atoms with Crippen molar-refractivity contribution in [2.45, 2.75) is 31.2 Å². The van der Waals surface area contributed by atoms with Crippen molar-refractivity contribution in [2.75, 3.05) is 12.4 Å². The van der Waals surface area contributed by atoms with Gasteiger partial charge < -0.3 is 9.84 Å². The molecule has 0 aliphatic carbocycles. The van der Waals surface area contributed by atoms with E-state index in [9.17, 15) is 5.11 Å². The number of aryl methyl sites for hydroxylation is 2. The summed E-state index contributed by atoms with van der Waals surface area (Å²) in [6.45, 7) is 4.12. The van der Waals surface area contributed by atoms with E-state index in [1.165, 1.54) is 11.8 Å². The maximum absolute atomic E-state index is 10.5. The van der Waals surface area contributed by atoms with Crippen molar-refractivity contribution in [1.82, 2.24) is 19.6 Å². The standard InChI is InChI=1S/C23H24N4O2S/c1-16-13-17(2)27-22(24-16)25-23(26-27)30-15-20(28)14-29-21(18-9-5-3-6-10-18)19-11-7-4-8-12-19/h3-13,20-21,28H,14-15H2,1-2H3/t20-/m0/s1. The molecule has 2 aromatic heterocycles. The van der Waals surface area contributed by atoms with Gasteiger partial charge in [-0.05, 0) is 31.0 Å². The lowest BCUT2D eigenvalue weighted by molar-refractivity contribution is 0.0155. The highest BCUT2D eigenvalue weighted by Crippen LogP contribution is 2.26. The molecule has 7 heteroatoms. The lowest BCUT2D eigenvalue weighted by Crippen LogP contribution is -2.20. The molecule has 0 amide bonds. The molecule has 154 valence electrons. The van der Waals surface area contributed by atoms with Gasteiger partial charge in [-0.1, -0.05) is 72.4 Å². The Labute approximate surface area is 180 Å². The number of benzene rings is 2. The van der Waals surface area contributed by atoms with Crippen LogP contribution in [0.5, 0.6) is 0 Å². The molecule has 1 atom stereocenters. The second kappa shape index (κ2) is 9.38. The molecule has 6 nitrogen and oxygen atoms in total. The van der Waals surface area contributed by atoms with Gasteiger partial charge in [0, 0.05) is 17.1 Å². The van der Waals surface area contributed by atoms with Crippen molar-refractivity contribution in [2.24, 2.45) is 0 Å². The zero-order chi connectivity index (χ0) is 20.9. The fourth-order valence-corrected chi connectivity index (χ4v) is 4.00. The van der Waals surface area contributed by atoms with E-state index in [0.29, 0.717) is 16.7 Å². The Bertz CT molecular complexity index is 1060. The van der Waals surface area contributed by atoms with E-state index in [1.54, 1.807) is 4.52 Å². The number of hydrogen-bond acceptors (Lipinski definition) is 6. The molecule has 0 saturated carbocycles. The van der Waals surface area contributed by atoms with Gasteiger partial charge in [0.1, 0.15) is 6.10 Å². The van der Waals surface area contributed by atoms with Gasteiger partial charge in [0.05, 0.1) is 12.7 Å². The van der Waals surface area contributed by atoms with Crippen LogP contribution in [0, 0.1) is 13.8 Å². The first kappa shape index (κ1) is 20.5. The van der Waals surface area contributed by atoms with Crippen LogP contribution in [0.4, 0.5) is 0 Å². The summed E-state index contributed by atoms with van der Waals surface area (Å²) in [6, 6.07) is 22.1. The average Bonchev–Trinajstić information content (AvgIpc) is 3.17. The van der Waals surface area contributed by atoms with E-state index >= 15 is 0 Å². The number of rotatable bonds is 8. The fraction of sp³-hybridized carbons (Fsp3) is 0.261. The number of fused-ring (bicyclic) bond motifs is 1. The zero-order valence-electron chi connectivity index (χ0n) is 17.0. The highest BCUT2D eigenvalue weighted by atomic mass is 32.2. The van der Waals surface area contributed by atoms with Crippen molar-refractivity contribution < 1.29 is 9.84 Å². The number of hydrogen-bond donors (Lipinski definition) is 1. The molecule has 0 saturated heterocycles. The van der Waals surface area contributed by atoms with Crippen molar-refractivity contribution in [3.63, 3.8) is 0 Å². The Morgan fingerprint density at radius 3 is 2.23 bits per heavy atom. The Hall–Kier alpha value is -2.74. The predicted octanol–water partition coefficient (Wildman–Crippen LogP) is 4.00. The van der Waals surface area contributed by atoms with Crippen LogP contribution in [0.15, 0.2) is 71.9 Å². The Morgan fingerprint density at radius 1 is 0.967 bits per heavy atom. The van der Waals surface area contributed by atoms with Crippen LogP contribution in [-0.4, -0.2) is 43.2 Å². The van der Waals surface area contributed by atoms with Crippen molar-refractivity contribution in [3.8, 4) is 0 Å². The summed E-state index contributed by atoms with van der Waals surface area (Å²) in [6.07, 6.45) is -0.873. The zero-order valence-corrected chi connectivity index (χ0v) is 17.8. The number of aliphatic hydroxyl groups excluding tert-OH is 1. The molecule has 2 heterocycles. The summed E-state index contributed by atoms with van der Waals surface area (Å²) in [4.78, 5) is 8.85. The minimum Gasteiger partial charge on any atom is -0.390 e. The van der Waals surface area contributed by atoms with Crippen LogP contribution in [0.25, 0.3) is 5.78 Å². The molecule has 0 unspecified atom stereocenters. The molecule has 30 heavy (non-hydrogen) atoms. The molecule has 1 N–H and O–H groups in total. The van der Waals surface area contributed by atoms with Crippen LogP contribution >= 0.6 is 11.8 Å². The molecule has 0 fully saturated rings. The van der Waals surface area contributed by atoms with E-state index in [4.69, 9.17) is 4.74 Å². The van der Waals surface area contributed by atoms with E-state index in [2.05, 4.69) is 15.1 Å². The van der Waals surface area contributed by atoms with Crippen LogP contribution in [0.1, 0.15) is 28.6 Å². The van der Waals surface area contributed by atoms with E-state index in [-0.39, 0.29) is 12.7 Å². The van der Waals surface area contributed by atoms with Gasteiger partial charge in [0.2, 0.25) is 5.16 Å². The van der Waals surface area contributed by atoms with Gasteiger partial charge in [-0.3, -0.25) is 0 Å². The molecule has 4 rings (SSSR count). The number of aliphatic hydroxyl groups is 1. The van der Waals surface area contributed by atoms with Crippen molar-refractivity contribution in [1.29, 1.82) is 0 Å². The normalized spacial score (nSPS) is 12.5. The quantitative estimate of drug-likeness (QED) is 0.435. The summed E-state index contributed by atoms with van der Waals surface area (Å²) in [5, 5.41) is 15.6. The van der Waals surface area contributed by atoms with Crippen LogP contribution in [0.3, 0.4) is 0 Å². The average molecular weight is 421 g/mol. The van der Waals surface area contributed by atoms with E-state index < -0.39 is 6.10 Å². The molecule has 4 aromatic rings. The first-order valence-corrected chi connectivity index (χ1v) is 10.8. The first-order chi connectivity index (χ1) is 14.6. The maximum Gasteiger partial charge on any atom is 0.253 e. The topological polar surface area (TPSA) is 72.5 Å². The molecular weight excluding hydrogens is 396 g/mol. The van der Waals surface area contributed by atoms with Gasteiger partial charge in [-0.15, -0.1) is 5.10 Å². The minimum atomic E-state index is -0.646. The summed E-state index contributed by atoms with van der Waals surface area (Å²) in [5.74, 6) is 1.01. The lowest BCUT2D eigenvalue weighted by atomic mass is 10.0. The molecule has 0 aliphatic heterocycles. The molecular formula is C23H24N4O2S. The van der Waals surface area contributed by atoms with Crippen molar-refractivity contribution in [3.05, 3.63) is 89.2 Å². The summed E-state index contributed by atoms with van der Waals surface area (Å²) in [5.41, 5.74) is 4.00. The lowest BCUT2D eigenvalue weighted by Gasteiger charge is -2.20. The third-order valence-electron chi connectivity index (χ3n) is 4.66. The molecule has 0 radical (unpaired) electrons. The smallest absolute Gasteiger partial charge is 0.253 e. The number of aromatic nitrogens is 4. The number of thioether (sulfide) groups is 1. The fourth-order valence-electron chi connectivity index (χ4n) is 3.28. The van der Waals surface area contributed by atoms with Gasteiger partial charge >= 0.3 is 0 Å². The summed E-state index contributed by atoms with van der Waals surface area (Å²) < 4.78 is 7.86. The Kier molecular flexibility index (Phi) is 6.42. The van der Waals surface area contributed by atoms with E-state index in [1.807, 2.05) is 80.6 Å². The van der Waals surface area contributed by atoms with Gasteiger partial charge in [-0.2, -0.15) is 4.98 Å². The Balaban J connectivity index is 1.39. The SMILES string of the molecule is Cc1cc(C)n2nc(SC[C@@H](O)COC(c3ccccc3)c3ccccc3)nc2n1. The third kappa shape index (κ3) is 4.87. The Morgan fingerprint density at radius 2 is 1.60 bits per heavy atom. The molecule has 0 spiro atoms. The second-order valence-electron chi connectivity index (χ2n) is 7.14. The predicted molar refractivity (Wildman–Crippen MR) is 118 cm³/mol. The first-order valence-electron chi connectivity index (χ1n) is 9.83. The van der Waals surface area contributed by atoms with Gasteiger partial charge in [0.25, 0.3) is 5.78 Å². The van der Waals surface area contributed by atoms with Gasteiger partial charge in [-0.25, -0.2) is 9.50 Å². The highest BCUT2D eigenvalue weighted by molar-refractivity contribution is 7.99. The van der Waals surface area contributed by atoms with Crippen LogP contribution < -0.4 is 0 Å². The maximum atomic E-state index is 10.5. The highest BCUT2D eigenvalue weighted by Gasteiger charge is 2.17. The van der Waals surface area contributed by atoms with Gasteiger partial charge in [0.15, 0.2) is 0 Å². The third-order valence-corrected chi connectivity index (χ3v) is 5.65. The van der Waals surface area contributed by atoms with Crippen LogP contribution in [-0.2, 0) is 4.74 Å². The monoisotopic (exact) mass is 420 g/mol. The van der Waals surface area contributed by atoms with E-state index in [0.717, 1.165) is 22.5 Å². The minimum absolute atomic E-state index is 0.214. The largest absolute Gasteiger partial charge is 0.390 e. The molecule has 0 bridgehead atoms. The number of ether oxygens (including phenoxy) is 1. The van der Waals surface area contributed by atoms with Crippen molar-refractivity contribution >= 4 is 17.5 Å². The second-order valence-corrected chi connectivity index (χ2v) is 8.13. The summed E-state index contributed by atoms with van der Waals surface area (Å²) in [7, 11) is 0. The summed E-state index contributed by atoms with van der Waals surface area (Å²) >= 11 is 1.40. The molecule has 2 aromatic carbocycles.